The van der Waals surface area contributed by atoms with Crippen molar-refractivity contribution in [2.24, 2.45) is 5.10 Å². The second-order valence-corrected chi connectivity index (χ2v) is 5.51. The van der Waals surface area contributed by atoms with Crippen LogP contribution in [0, 0.1) is 0 Å². The van der Waals surface area contributed by atoms with Crippen LogP contribution in [0.5, 0.6) is 0 Å². The molecule has 3 N–H and O–H groups in total. The van der Waals surface area contributed by atoms with E-state index < -0.39 is 29.9 Å². The molecule has 0 saturated heterocycles. The number of amides is 1. The Morgan fingerprint density at radius 3 is 2.32 bits per heavy atom. The van der Waals surface area contributed by atoms with Crippen LogP contribution in [0.3, 0.4) is 0 Å². The molecule has 0 aliphatic carbocycles. The fourth-order valence-corrected chi connectivity index (χ4v) is 2.51. The Morgan fingerprint density at radius 2 is 1.76 bits per heavy atom. The summed E-state index contributed by atoms with van der Waals surface area (Å²) >= 11 is 0. The van der Waals surface area contributed by atoms with Crippen LogP contribution in [0.15, 0.2) is 53.9 Å². The number of carbonyl (C=O) groups is 1. The maximum Gasteiger partial charge on any atom is 0.431 e. The summed E-state index contributed by atoms with van der Waals surface area (Å²) in [7, 11) is 0. The van der Waals surface area contributed by atoms with E-state index in [-0.39, 0.29) is 11.1 Å². The lowest BCUT2D eigenvalue weighted by Crippen LogP contribution is -2.43. The lowest BCUT2D eigenvalue weighted by atomic mass is 9.97. The summed E-state index contributed by atoms with van der Waals surface area (Å²) in [5, 5.41) is 14.7. The molecule has 0 fully saturated rings. The van der Waals surface area contributed by atoms with E-state index in [0.29, 0.717) is 10.7 Å². The summed E-state index contributed by atoms with van der Waals surface area (Å²) in [4.78, 5) is 16.4. The topological polar surface area (TPSA) is 91.8 Å². The van der Waals surface area contributed by atoms with Crippen molar-refractivity contribution in [1.29, 1.82) is 0 Å². The number of alkyl halides is 3. The number of nitrogen functional groups attached to an aromatic ring is 1. The molecule has 1 atom stereocenters. The first kappa shape index (κ1) is 16.9. The summed E-state index contributed by atoms with van der Waals surface area (Å²) in [6.45, 7) is 0. The van der Waals surface area contributed by atoms with Crippen molar-refractivity contribution in [3.05, 3.63) is 59.9 Å². The van der Waals surface area contributed by atoms with Crippen LogP contribution in [-0.4, -0.2) is 32.9 Å². The molecule has 130 valence electrons. The summed E-state index contributed by atoms with van der Waals surface area (Å²) in [5.41, 5.74) is 2.57. The zero-order valence-corrected chi connectivity index (χ0v) is 12.7. The molecule has 0 spiro atoms. The highest BCUT2D eigenvalue weighted by molar-refractivity contribution is 6.00. The number of nitrogens with two attached hydrogens (primary N) is 1. The molecule has 25 heavy (non-hydrogen) atoms. The molecule has 1 amide bonds. The lowest BCUT2D eigenvalue weighted by molar-refractivity contribution is -0.0816. The number of benzene rings is 1. The first-order chi connectivity index (χ1) is 11.7. The number of nitrogens with zero attached hydrogens (tertiary/aromatic N) is 3. The van der Waals surface area contributed by atoms with E-state index in [4.69, 9.17) is 5.73 Å². The van der Waals surface area contributed by atoms with E-state index in [1.807, 2.05) is 0 Å². The number of carbonyl (C=O) groups excluding carboxylic acids is 1. The molecule has 1 aliphatic heterocycles. The van der Waals surface area contributed by atoms with Crippen molar-refractivity contribution in [3.63, 3.8) is 0 Å². The number of hydrazone groups is 1. The van der Waals surface area contributed by atoms with Crippen LogP contribution < -0.4 is 5.73 Å². The summed E-state index contributed by atoms with van der Waals surface area (Å²) in [6, 6.07) is 8.24. The monoisotopic (exact) mass is 350 g/mol. The molecule has 2 aromatic rings. The number of hydrogen-bond donors (Lipinski definition) is 2. The number of pyridine rings is 1. The molecular formula is C16H13F3N4O2. The largest absolute Gasteiger partial charge is 0.431 e. The second kappa shape index (κ2) is 5.85. The van der Waals surface area contributed by atoms with Crippen LogP contribution >= 0.6 is 0 Å². The molecule has 0 unspecified atom stereocenters. The SMILES string of the molecule is Nc1ccc(C(=O)N2N=C(C(F)(F)F)C[C@@]2(O)c2ccncc2)cc1. The molecule has 0 bridgehead atoms. The van der Waals surface area contributed by atoms with Crippen LogP contribution in [0.1, 0.15) is 22.3 Å². The minimum absolute atomic E-state index is 0.0499. The minimum Gasteiger partial charge on any atom is -0.399 e. The van der Waals surface area contributed by atoms with Gasteiger partial charge >= 0.3 is 6.18 Å². The van der Waals surface area contributed by atoms with Crippen molar-refractivity contribution >= 4 is 17.3 Å². The van der Waals surface area contributed by atoms with Gasteiger partial charge in [-0.3, -0.25) is 9.78 Å². The Balaban J connectivity index is 2.06. The van der Waals surface area contributed by atoms with Crippen molar-refractivity contribution in [3.8, 4) is 0 Å². The van der Waals surface area contributed by atoms with E-state index in [9.17, 15) is 23.1 Å². The maximum atomic E-state index is 13.1. The number of halogens is 3. The Labute approximate surface area is 140 Å². The fourth-order valence-electron chi connectivity index (χ4n) is 2.51. The lowest BCUT2D eigenvalue weighted by Gasteiger charge is -2.31. The molecule has 0 radical (unpaired) electrons. The van der Waals surface area contributed by atoms with Gasteiger partial charge in [-0.25, -0.2) is 0 Å². The molecule has 0 saturated carbocycles. The molecule has 1 aromatic carbocycles. The first-order valence-electron chi connectivity index (χ1n) is 7.19. The average molecular weight is 350 g/mol. The van der Waals surface area contributed by atoms with E-state index in [2.05, 4.69) is 10.1 Å². The minimum atomic E-state index is -4.77. The predicted molar refractivity (Wildman–Crippen MR) is 83.3 cm³/mol. The number of rotatable bonds is 2. The van der Waals surface area contributed by atoms with Gasteiger partial charge in [-0.2, -0.15) is 23.3 Å². The quantitative estimate of drug-likeness (QED) is 0.813. The van der Waals surface area contributed by atoms with Crippen LogP contribution in [-0.2, 0) is 5.72 Å². The molecule has 6 nitrogen and oxygen atoms in total. The van der Waals surface area contributed by atoms with Gasteiger partial charge in [0.15, 0.2) is 5.72 Å². The number of aromatic nitrogens is 1. The van der Waals surface area contributed by atoms with Crippen molar-refractivity contribution in [1.82, 2.24) is 9.99 Å². The van der Waals surface area contributed by atoms with E-state index in [1.165, 1.54) is 48.8 Å². The second-order valence-electron chi connectivity index (χ2n) is 5.51. The molecule has 2 heterocycles. The van der Waals surface area contributed by atoms with Gasteiger partial charge in [-0.15, -0.1) is 0 Å². The third-order valence-electron chi connectivity index (χ3n) is 3.80. The Morgan fingerprint density at radius 1 is 1.16 bits per heavy atom. The van der Waals surface area contributed by atoms with Gasteiger partial charge in [0.05, 0.1) is 6.42 Å². The van der Waals surface area contributed by atoms with Gasteiger partial charge in [0.1, 0.15) is 5.71 Å². The van der Waals surface area contributed by atoms with Gasteiger partial charge < -0.3 is 10.8 Å². The van der Waals surface area contributed by atoms with Crippen molar-refractivity contribution in [2.75, 3.05) is 5.73 Å². The summed E-state index contributed by atoms with van der Waals surface area (Å²) in [6.07, 6.45) is -3.02. The van der Waals surface area contributed by atoms with Crippen molar-refractivity contribution in [2.45, 2.75) is 18.3 Å². The van der Waals surface area contributed by atoms with Gasteiger partial charge in [0.25, 0.3) is 5.91 Å². The number of hydrogen-bond acceptors (Lipinski definition) is 5. The zero-order chi connectivity index (χ0) is 18.2. The van der Waals surface area contributed by atoms with E-state index >= 15 is 0 Å². The standard InChI is InChI=1S/C16H13F3N4O2/c17-16(18,19)13-9-15(25,11-5-7-21-8-6-11)23(22-13)14(24)10-1-3-12(20)4-2-10/h1-8,25H,9,20H2/t15-/m1/s1. The normalized spacial score (nSPS) is 20.5. The fraction of sp³-hybridized carbons (Fsp3) is 0.188. The molecular weight excluding hydrogens is 337 g/mol. The summed E-state index contributed by atoms with van der Waals surface area (Å²) in [5.74, 6) is -0.876. The van der Waals surface area contributed by atoms with Gasteiger partial charge in [-0.1, -0.05) is 0 Å². The Bertz CT molecular complexity index is 822. The predicted octanol–water partition coefficient (Wildman–Crippen LogP) is 2.27. The third kappa shape index (κ3) is 3.05. The van der Waals surface area contributed by atoms with Crippen LogP contribution in [0.25, 0.3) is 0 Å². The van der Waals surface area contributed by atoms with E-state index in [0.717, 1.165) is 0 Å². The molecule has 3 rings (SSSR count). The maximum absolute atomic E-state index is 13.1. The Kier molecular flexibility index (Phi) is 3.96. The van der Waals surface area contributed by atoms with Crippen LogP contribution in [0.4, 0.5) is 18.9 Å². The third-order valence-corrected chi connectivity index (χ3v) is 3.80. The smallest absolute Gasteiger partial charge is 0.399 e. The molecule has 9 heteroatoms. The number of anilines is 1. The molecule has 1 aliphatic rings. The van der Waals surface area contributed by atoms with E-state index in [1.54, 1.807) is 0 Å². The van der Waals surface area contributed by atoms with Gasteiger partial charge in [0.2, 0.25) is 0 Å². The highest BCUT2D eigenvalue weighted by Crippen LogP contribution is 2.40. The van der Waals surface area contributed by atoms with Crippen LogP contribution in [0.2, 0.25) is 0 Å². The number of aliphatic hydroxyl groups is 1. The molecule has 1 aromatic heterocycles. The summed E-state index contributed by atoms with van der Waals surface area (Å²) < 4.78 is 39.3. The average Bonchev–Trinajstić information content (AvgIpc) is 2.95. The first-order valence-corrected chi connectivity index (χ1v) is 7.19. The highest BCUT2D eigenvalue weighted by atomic mass is 19.4. The van der Waals surface area contributed by atoms with Gasteiger partial charge in [-0.05, 0) is 36.4 Å². The van der Waals surface area contributed by atoms with Crippen molar-refractivity contribution < 1.29 is 23.1 Å². The highest BCUT2D eigenvalue weighted by Gasteiger charge is 2.53. The van der Waals surface area contributed by atoms with Gasteiger partial charge in [0, 0.05) is 29.2 Å². The zero-order valence-electron chi connectivity index (χ0n) is 12.7. The Hall–Kier alpha value is -2.94.